The van der Waals surface area contributed by atoms with Crippen LogP contribution in [0.4, 0.5) is 17.1 Å². The third-order valence-electron chi connectivity index (χ3n) is 7.17. The van der Waals surface area contributed by atoms with Gasteiger partial charge in [0.2, 0.25) is 11.8 Å². The molecule has 3 amide bonds. The fourth-order valence-corrected chi connectivity index (χ4v) is 5.06. The van der Waals surface area contributed by atoms with E-state index >= 15 is 0 Å². The van der Waals surface area contributed by atoms with E-state index in [1.807, 2.05) is 47.4 Å². The van der Waals surface area contributed by atoms with Crippen LogP contribution in [0.5, 0.6) is 0 Å². The summed E-state index contributed by atoms with van der Waals surface area (Å²) in [5.74, 6) is -0.407. The molecule has 0 saturated carbocycles. The van der Waals surface area contributed by atoms with Crippen molar-refractivity contribution in [3.63, 3.8) is 0 Å². The highest BCUT2D eigenvalue weighted by atomic mass is 16.6. The Morgan fingerprint density at radius 1 is 1.02 bits per heavy atom. The van der Waals surface area contributed by atoms with Gasteiger partial charge in [-0.1, -0.05) is 30.3 Å². The number of benzene rings is 3. The first-order chi connectivity index (χ1) is 19.2. The van der Waals surface area contributed by atoms with Crippen LogP contribution in [0.25, 0.3) is 11.3 Å². The number of rotatable bonds is 7. The number of anilines is 2. The van der Waals surface area contributed by atoms with Gasteiger partial charge in [-0.3, -0.25) is 24.5 Å². The molecule has 10 heteroatoms. The topological polar surface area (TPSA) is 134 Å². The van der Waals surface area contributed by atoms with Crippen molar-refractivity contribution >= 4 is 46.1 Å². The van der Waals surface area contributed by atoms with Gasteiger partial charge in [0.1, 0.15) is 0 Å². The van der Waals surface area contributed by atoms with Crippen molar-refractivity contribution < 1.29 is 19.3 Å². The first-order valence-electron chi connectivity index (χ1n) is 13.0. The Morgan fingerprint density at radius 3 is 2.50 bits per heavy atom. The van der Waals surface area contributed by atoms with Crippen molar-refractivity contribution in [1.82, 2.24) is 10.2 Å². The van der Waals surface area contributed by atoms with Crippen LogP contribution in [0.15, 0.2) is 60.7 Å². The molecule has 0 saturated heterocycles. The molecule has 204 valence electrons. The number of nitrogens with zero attached hydrogens (tertiary/aromatic N) is 2. The lowest BCUT2D eigenvalue weighted by Crippen LogP contribution is -2.34. The molecule has 5 rings (SSSR count). The summed E-state index contributed by atoms with van der Waals surface area (Å²) in [6.07, 6.45) is 1.37. The Kier molecular flexibility index (Phi) is 7.33. The average molecular weight is 540 g/mol. The first-order valence-corrected chi connectivity index (χ1v) is 13.0. The number of amides is 3. The van der Waals surface area contributed by atoms with E-state index in [4.69, 9.17) is 0 Å². The predicted molar refractivity (Wildman–Crippen MR) is 152 cm³/mol. The Hall–Kier alpha value is -4.99. The summed E-state index contributed by atoms with van der Waals surface area (Å²) in [4.78, 5) is 49.2. The maximum absolute atomic E-state index is 13.3. The van der Waals surface area contributed by atoms with Crippen LogP contribution in [0.3, 0.4) is 0 Å². The Morgan fingerprint density at radius 2 is 1.80 bits per heavy atom. The van der Waals surface area contributed by atoms with E-state index in [1.165, 1.54) is 19.1 Å². The van der Waals surface area contributed by atoms with Crippen molar-refractivity contribution in [2.45, 2.75) is 33.2 Å². The summed E-state index contributed by atoms with van der Waals surface area (Å²) < 4.78 is 0. The molecule has 0 spiro atoms. The molecule has 2 aliphatic heterocycles. The number of carbonyl (C=O) groups excluding carboxylic acids is 3. The first kappa shape index (κ1) is 26.6. The van der Waals surface area contributed by atoms with Gasteiger partial charge >= 0.3 is 0 Å². The summed E-state index contributed by atoms with van der Waals surface area (Å²) in [5.41, 5.74) is 6.37. The number of nitrogens with one attached hydrogen (secondary N) is 3. The monoisotopic (exact) mass is 539 g/mol. The van der Waals surface area contributed by atoms with Crippen LogP contribution < -0.4 is 16.0 Å². The van der Waals surface area contributed by atoms with Gasteiger partial charge < -0.3 is 20.9 Å². The largest absolute Gasteiger partial charge is 0.356 e. The second-order valence-corrected chi connectivity index (χ2v) is 9.92. The Labute approximate surface area is 231 Å². The van der Waals surface area contributed by atoms with Crippen LogP contribution in [-0.4, -0.2) is 40.6 Å². The number of fused-ring (bicyclic) bond motifs is 2. The van der Waals surface area contributed by atoms with E-state index in [9.17, 15) is 24.5 Å². The van der Waals surface area contributed by atoms with Gasteiger partial charge in [-0.2, -0.15) is 0 Å². The van der Waals surface area contributed by atoms with Crippen LogP contribution >= 0.6 is 0 Å². The fraction of sp³-hybridized carbons (Fsp3) is 0.233. The van der Waals surface area contributed by atoms with Crippen molar-refractivity contribution in [2.75, 3.05) is 23.7 Å². The standard InChI is InChI=1S/C30H29N5O5/c1-18(36)31-13-11-20-3-5-21(6-4-20)29(28-26-16-25(35(39)40)9-10-27(26)33-30(28)38)32-24-8-7-23-17-34(19(2)37)14-12-22(23)15-24/h3-10,15-16,32H,11-14,17H2,1-2H3,(H,31,36)(H,33,38)/b29-28-. The number of hydrogen-bond donors (Lipinski definition) is 3. The molecule has 3 aromatic rings. The number of hydrogen-bond acceptors (Lipinski definition) is 6. The zero-order valence-corrected chi connectivity index (χ0v) is 22.2. The third kappa shape index (κ3) is 5.56. The molecule has 0 bridgehead atoms. The van der Waals surface area contributed by atoms with E-state index in [1.54, 1.807) is 13.0 Å². The molecule has 0 unspecified atom stereocenters. The zero-order valence-electron chi connectivity index (χ0n) is 22.2. The zero-order chi connectivity index (χ0) is 28.4. The molecule has 0 radical (unpaired) electrons. The third-order valence-corrected chi connectivity index (χ3v) is 7.17. The molecule has 2 aliphatic rings. The average Bonchev–Trinajstić information content (AvgIpc) is 3.26. The van der Waals surface area contributed by atoms with Gasteiger partial charge in [0, 0.05) is 62.6 Å². The molecule has 3 aromatic carbocycles. The van der Waals surface area contributed by atoms with E-state index in [2.05, 4.69) is 16.0 Å². The van der Waals surface area contributed by atoms with Gasteiger partial charge in [0.15, 0.2) is 0 Å². The minimum Gasteiger partial charge on any atom is -0.356 e. The molecule has 2 heterocycles. The molecule has 40 heavy (non-hydrogen) atoms. The van der Waals surface area contributed by atoms with E-state index in [-0.39, 0.29) is 23.4 Å². The number of carbonyl (C=O) groups is 3. The molecule has 0 aromatic heterocycles. The highest BCUT2D eigenvalue weighted by molar-refractivity contribution is 6.37. The molecule has 10 nitrogen and oxygen atoms in total. The molecule has 0 fully saturated rings. The summed E-state index contributed by atoms with van der Waals surface area (Å²) >= 11 is 0. The van der Waals surface area contributed by atoms with Gasteiger partial charge in [0.25, 0.3) is 11.6 Å². The summed E-state index contributed by atoms with van der Waals surface area (Å²) in [7, 11) is 0. The Bertz CT molecular complexity index is 1560. The minimum atomic E-state index is -0.481. The lowest BCUT2D eigenvalue weighted by atomic mass is 9.97. The normalized spacial score (nSPS) is 15.1. The van der Waals surface area contributed by atoms with E-state index in [0.717, 1.165) is 34.4 Å². The van der Waals surface area contributed by atoms with Crippen molar-refractivity contribution in [3.05, 3.63) is 98.6 Å². The van der Waals surface area contributed by atoms with E-state index < -0.39 is 4.92 Å². The second-order valence-electron chi connectivity index (χ2n) is 9.92. The summed E-state index contributed by atoms with van der Waals surface area (Å²) in [6, 6.07) is 17.9. The molecule has 0 aliphatic carbocycles. The highest BCUT2D eigenvalue weighted by Crippen LogP contribution is 2.39. The number of nitro benzene ring substituents is 1. The van der Waals surface area contributed by atoms with E-state index in [0.29, 0.717) is 48.6 Å². The molecular formula is C30H29N5O5. The van der Waals surface area contributed by atoms with Gasteiger partial charge in [-0.15, -0.1) is 0 Å². The predicted octanol–water partition coefficient (Wildman–Crippen LogP) is 4.11. The number of nitro groups is 1. The molecule has 0 atom stereocenters. The van der Waals surface area contributed by atoms with Gasteiger partial charge in [-0.05, 0) is 53.3 Å². The van der Waals surface area contributed by atoms with Crippen molar-refractivity contribution in [3.8, 4) is 0 Å². The number of non-ortho nitro benzene ring substituents is 1. The van der Waals surface area contributed by atoms with Crippen LogP contribution in [-0.2, 0) is 33.8 Å². The minimum absolute atomic E-state index is 0.0420. The smallest absolute Gasteiger partial charge is 0.270 e. The lowest BCUT2D eigenvalue weighted by molar-refractivity contribution is -0.384. The van der Waals surface area contributed by atoms with Crippen molar-refractivity contribution in [1.29, 1.82) is 0 Å². The molecule has 3 N–H and O–H groups in total. The second kappa shape index (κ2) is 11.0. The lowest BCUT2D eigenvalue weighted by Gasteiger charge is -2.28. The maximum atomic E-state index is 13.3. The van der Waals surface area contributed by atoms with Crippen LogP contribution in [0.2, 0.25) is 0 Å². The highest BCUT2D eigenvalue weighted by Gasteiger charge is 2.30. The summed E-state index contributed by atoms with van der Waals surface area (Å²) in [6.45, 7) is 4.75. The van der Waals surface area contributed by atoms with Crippen molar-refractivity contribution in [2.24, 2.45) is 0 Å². The molecular weight excluding hydrogens is 510 g/mol. The van der Waals surface area contributed by atoms with Gasteiger partial charge in [0.05, 0.1) is 16.2 Å². The summed E-state index contributed by atoms with van der Waals surface area (Å²) in [5, 5.41) is 20.5. The van der Waals surface area contributed by atoms with Crippen LogP contribution in [0.1, 0.15) is 41.7 Å². The van der Waals surface area contributed by atoms with Crippen LogP contribution in [0, 0.1) is 10.1 Å². The SMILES string of the molecule is CC(=O)NCCc1ccc(/C(Nc2ccc3c(c2)CCN(C(C)=O)C3)=C2/C(=O)Nc3ccc([N+](=O)[O-])cc32)cc1. The van der Waals surface area contributed by atoms with Gasteiger partial charge in [-0.25, -0.2) is 0 Å². The fourth-order valence-electron chi connectivity index (χ4n) is 5.06. The Balaban J connectivity index is 1.55. The maximum Gasteiger partial charge on any atom is 0.270 e. The quantitative estimate of drug-likeness (QED) is 0.235.